The average molecular weight is 358 g/mol. The molecule has 0 radical (unpaired) electrons. The maximum absolute atomic E-state index is 12.8. The van der Waals surface area contributed by atoms with E-state index in [-0.39, 0.29) is 30.2 Å². The van der Waals surface area contributed by atoms with Gasteiger partial charge in [-0.15, -0.1) is 12.4 Å². The lowest BCUT2D eigenvalue weighted by atomic mass is 9.85. The quantitative estimate of drug-likeness (QED) is 0.789. The van der Waals surface area contributed by atoms with Crippen molar-refractivity contribution in [2.75, 3.05) is 26.2 Å². The molecule has 3 rings (SSSR count). The number of amides is 2. The highest BCUT2D eigenvalue weighted by atomic mass is 35.5. The molecule has 24 heavy (non-hydrogen) atoms. The molecule has 3 N–H and O–H groups in total. The number of halogens is 1. The maximum atomic E-state index is 12.8. The Labute approximate surface area is 151 Å². The predicted molar refractivity (Wildman–Crippen MR) is 96.8 cm³/mol. The minimum Gasteiger partial charge on any atom is -0.355 e. The van der Waals surface area contributed by atoms with Gasteiger partial charge in [-0.05, 0) is 31.1 Å². The van der Waals surface area contributed by atoms with Gasteiger partial charge in [-0.1, -0.05) is 32.1 Å². The Balaban J connectivity index is 0.00000208. The van der Waals surface area contributed by atoms with E-state index in [1.807, 2.05) is 4.90 Å². The summed E-state index contributed by atoms with van der Waals surface area (Å²) in [5.74, 6) is 2.00. The van der Waals surface area contributed by atoms with Crippen LogP contribution in [0.25, 0.3) is 0 Å². The Bertz CT molecular complexity index is 440. The van der Waals surface area contributed by atoms with Crippen LogP contribution >= 0.6 is 12.4 Å². The summed E-state index contributed by atoms with van der Waals surface area (Å²) in [4.78, 5) is 26.8. The van der Waals surface area contributed by atoms with Crippen LogP contribution in [0.1, 0.15) is 51.4 Å². The highest BCUT2D eigenvalue weighted by molar-refractivity contribution is 5.85. The van der Waals surface area contributed by atoms with E-state index in [0.29, 0.717) is 31.5 Å². The standard InChI is InChI=1S/C18H31N3O2.ClH/c19-8-9-20-17(22)14-7-4-10-21(12-14)18(23)16-11-15(16)13-5-2-1-3-6-13;/h13-16H,1-12,19H2,(H,20,22);1H. The number of likely N-dealkylation sites (tertiary alicyclic amines) is 1. The number of nitrogens with zero attached hydrogens (tertiary/aromatic N) is 1. The normalized spacial score (nSPS) is 30.4. The largest absolute Gasteiger partial charge is 0.355 e. The van der Waals surface area contributed by atoms with E-state index in [9.17, 15) is 9.59 Å². The first kappa shape index (κ1) is 19.5. The number of nitrogens with one attached hydrogen (secondary N) is 1. The number of hydrogen-bond acceptors (Lipinski definition) is 3. The molecule has 2 amide bonds. The second-order valence-electron chi connectivity index (χ2n) is 7.61. The number of carbonyl (C=O) groups excluding carboxylic acids is 2. The van der Waals surface area contributed by atoms with Crippen molar-refractivity contribution in [1.29, 1.82) is 0 Å². The molecule has 0 bridgehead atoms. The number of hydrogen-bond donors (Lipinski definition) is 2. The maximum Gasteiger partial charge on any atom is 0.226 e. The Morgan fingerprint density at radius 3 is 2.54 bits per heavy atom. The molecule has 3 fully saturated rings. The minimum absolute atomic E-state index is 0. The van der Waals surface area contributed by atoms with Crippen molar-refractivity contribution in [1.82, 2.24) is 10.2 Å². The molecule has 138 valence electrons. The van der Waals surface area contributed by atoms with Gasteiger partial charge in [0.05, 0.1) is 5.92 Å². The zero-order valence-electron chi connectivity index (χ0n) is 14.5. The highest BCUT2D eigenvalue weighted by Crippen LogP contribution is 2.50. The van der Waals surface area contributed by atoms with Gasteiger partial charge in [0.2, 0.25) is 11.8 Å². The zero-order valence-corrected chi connectivity index (χ0v) is 15.4. The lowest BCUT2D eigenvalue weighted by Gasteiger charge is -2.32. The van der Waals surface area contributed by atoms with Crippen molar-refractivity contribution >= 4 is 24.2 Å². The zero-order chi connectivity index (χ0) is 16.2. The number of nitrogens with two attached hydrogens (primary N) is 1. The molecule has 0 aromatic carbocycles. The topological polar surface area (TPSA) is 75.4 Å². The Morgan fingerprint density at radius 1 is 1.08 bits per heavy atom. The number of rotatable bonds is 5. The molecule has 1 saturated heterocycles. The van der Waals surface area contributed by atoms with Crippen molar-refractivity contribution in [2.45, 2.75) is 51.4 Å². The van der Waals surface area contributed by atoms with Crippen LogP contribution in [-0.2, 0) is 9.59 Å². The molecule has 3 atom stereocenters. The third-order valence-electron chi connectivity index (χ3n) is 5.96. The van der Waals surface area contributed by atoms with Gasteiger partial charge >= 0.3 is 0 Å². The molecule has 6 heteroatoms. The van der Waals surface area contributed by atoms with E-state index >= 15 is 0 Å². The Kier molecular flexibility index (Phi) is 7.35. The van der Waals surface area contributed by atoms with Gasteiger partial charge in [0.15, 0.2) is 0 Å². The van der Waals surface area contributed by atoms with Crippen LogP contribution in [0.5, 0.6) is 0 Å². The van der Waals surface area contributed by atoms with Crippen molar-refractivity contribution < 1.29 is 9.59 Å². The van der Waals surface area contributed by atoms with Crippen LogP contribution in [0.15, 0.2) is 0 Å². The fourth-order valence-corrected chi connectivity index (χ4v) is 4.55. The number of piperidine rings is 1. The van der Waals surface area contributed by atoms with Crippen LogP contribution in [-0.4, -0.2) is 42.9 Å². The van der Waals surface area contributed by atoms with Crippen LogP contribution < -0.4 is 11.1 Å². The van der Waals surface area contributed by atoms with Crippen molar-refractivity contribution in [3.8, 4) is 0 Å². The first-order valence-corrected chi connectivity index (χ1v) is 9.47. The van der Waals surface area contributed by atoms with Crippen LogP contribution in [0.4, 0.5) is 0 Å². The molecule has 3 unspecified atom stereocenters. The Hall–Kier alpha value is -0.810. The van der Waals surface area contributed by atoms with Crippen molar-refractivity contribution in [3.63, 3.8) is 0 Å². The SMILES string of the molecule is Cl.NCCNC(=O)C1CCCN(C(=O)C2CC2C2CCCCC2)C1. The van der Waals surface area contributed by atoms with Gasteiger partial charge in [-0.25, -0.2) is 0 Å². The van der Waals surface area contributed by atoms with Gasteiger partial charge in [0.1, 0.15) is 0 Å². The second-order valence-corrected chi connectivity index (χ2v) is 7.61. The summed E-state index contributed by atoms with van der Waals surface area (Å²) in [6.07, 6.45) is 9.60. The van der Waals surface area contributed by atoms with Crippen LogP contribution in [0.3, 0.4) is 0 Å². The summed E-state index contributed by atoms with van der Waals surface area (Å²) in [7, 11) is 0. The van der Waals surface area contributed by atoms with Gasteiger partial charge < -0.3 is 16.0 Å². The molecule has 3 aliphatic rings. The van der Waals surface area contributed by atoms with E-state index in [4.69, 9.17) is 5.73 Å². The van der Waals surface area contributed by atoms with E-state index in [0.717, 1.165) is 31.7 Å². The van der Waals surface area contributed by atoms with E-state index in [2.05, 4.69) is 5.32 Å². The first-order valence-electron chi connectivity index (χ1n) is 9.47. The molecule has 2 aliphatic carbocycles. The van der Waals surface area contributed by atoms with Crippen LogP contribution in [0, 0.1) is 23.7 Å². The summed E-state index contributed by atoms with van der Waals surface area (Å²) in [5, 5.41) is 2.86. The summed E-state index contributed by atoms with van der Waals surface area (Å²) in [6.45, 7) is 2.42. The summed E-state index contributed by atoms with van der Waals surface area (Å²) in [5.41, 5.74) is 5.44. The van der Waals surface area contributed by atoms with Crippen LogP contribution in [0.2, 0.25) is 0 Å². The predicted octanol–water partition coefficient (Wildman–Crippen LogP) is 1.94. The summed E-state index contributed by atoms with van der Waals surface area (Å²) in [6, 6.07) is 0. The van der Waals surface area contributed by atoms with Crippen molar-refractivity contribution in [3.05, 3.63) is 0 Å². The molecular formula is C18H32ClN3O2. The second kappa shape index (κ2) is 9.04. The fourth-order valence-electron chi connectivity index (χ4n) is 4.55. The van der Waals surface area contributed by atoms with Gasteiger partial charge in [0.25, 0.3) is 0 Å². The fraction of sp³-hybridized carbons (Fsp3) is 0.889. The van der Waals surface area contributed by atoms with E-state index in [1.165, 1.54) is 32.1 Å². The van der Waals surface area contributed by atoms with Gasteiger partial charge in [0, 0.05) is 32.1 Å². The average Bonchev–Trinajstić information content (AvgIpc) is 3.40. The lowest BCUT2D eigenvalue weighted by Crippen LogP contribution is -2.46. The third-order valence-corrected chi connectivity index (χ3v) is 5.96. The summed E-state index contributed by atoms with van der Waals surface area (Å²) >= 11 is 0. The Morgan fingerprint density at radius 2 is 1.83 bits per heavy atom. The third kappa shape index (κ3) is 4.63. The first-order chi connectivity index (χ1) is 11.2. The van der Waals surface area contributed by atoms with Gasteiger partial charge in [-0.3, -0.25) is 9.59 Å². The molecule has 0 aromatic heterocycles. The number of carbonyl (C=O) groups is 2. The van der Waals surface area contributed by atoms with Crippen molar-refractivity contribution in [2.24, 2.45) is 29.4 Å². The molecule has 0 spiro atoms. The lowest BCUT2D eigenvalue weighted by molar-refractivity contribution is -0.137. The molecule has 1 aliphatic heterocycles. The minimum atomic E-state index is -0.0499. The van der Waals surface area contributed by atoms with E-state index in [1.54, 1.807) is 0 Å². The monoisotopic (exact) mass is 357 g/mol. The van der Waals surface area contributed by atoms with E-state index < -0.39 is 0 Å². The highest BCUT2D eigenvalue weighted by Gasteiger charge is 2.49. The van der Waals surface area contributed by atoms with Gasteiger partial charge in [-0.2, -0.15) is 0 Å². The molecular weight excluding hydrogens is 326 g/mol. The molecule has 0 aromatic rings. The molecule has 5 nitrogen and oxygen atoms in total. The molecule has 2 saturated carbocycles. The molecule has 1 heterocycles. The summed E-state index contributed by atoms with van der Waals surface area (Å²) < 4.78 is 0. The smallest absolute Gasteiger partial charge is 0.226 e.